The number of hydrogen-bond donors (Lipinski definition) is 2. The highest BCUT2D eigenvalue weighted by Crippen LogP contribution is 2.15. The number of hydrogen-bond acceptors (Lipinski definition) is 4. The van der Waals surface area contributed by atoms with Crippen LogP contribution in [0.25, 0.3) is 0 Å². The zero-order chi connectivity index (χ0) is 12.3. The van der Waals surface area contributed by atoms with Crippen molar-refractivity contribution in [3.05, 3.63) is 20.8 Å². The van der Waals surface area contributed by atoms with Gasteiger partial charge in [-0.15, -0.1) is 0 Å². The third kappa shape index (κ3) is 2.38. The average Bonchev–Trinajstić information content (AvgIpc) is 2.23. The van der Waals surface area contributed by atoms with Gasteiger partial charge >= 0.3 is 0 Å². The van der Waals surface area contributed by atoms with Crippen molar-refractivity contribution in [1.29, 1.82) is 0 Å². The van der Waals surface area contributed by atoms with Crippen molar-refractivity contribution in [2.75, 3.05) is 6.61 Å². The first-order chi connectivity index (χ1) is 7.44. The van der Waals surface area contributed by atoms with Crippen LogP contribution in [0.2, 0.25) is 0 Å². The summed E-state index contributed by atoms with van der Waals surface area (Å²) in [5.74, 6) is 0. The lowest BCUT2D eigenvalue weighted by Crippen LogP contribution is -2.37. The molecule has 1 aromatic rings. The zero-order valence-corrected chi connectivity index (χ0v) is 10.6. The summed E-state index contributed by atoms with van der Waals surface area (Å²) in [4.78, 5) is 12.1. The minimum Gasteiger partial charge on any atom is -0.395 e. The van der Waals surface area contributed by atoms with Crippen molar-refractivity contribution >= 4 is 12.2 Å². The normalized spacial score (nSPS) is 11.8. The summed E-state index contributed by atoms with van der Waals surface area (Å²) in [7, 11) is 0. The lowest BCUT2D eigenvalue weighted by atomic mass is 9.91. The molecular weight excluding hydrogens is 226 g/mol. The van der Waals surface area contributed by atoms with Crippen LogP contribution in [-0.4, -0.2) is 26.5 Å². The fourth-order valence-electron chi connectivity index (χ4n) is 1.37. The summed E-state index contributed by atoms with van der Waals surface area (Å²) in [5.41, 5.74) is -0.562. The van der Waals surface area contributed by atoms with Crippen molar-refractivity contribution in [2.45, 2.75) is 39.2 Å². The standard InChI is InChI=1S/C10H17N3O2S/c1-4-5-13-8(15)7(10(2,3)6-14)11-12-9(13)16/h14H,4-6H2,1-3H3,(H,12,16). The number of aliphatic hydroxyl groups excluding tert-OH is 1. The lowest BCUT2D eigenvalue weighted by Gasteiger charge is -2.20. The van der Waals surface area contributed by atoms with Crippen molar-refractivity contribution in [3.63, 3.8) is 0 Å². The summed E-state index contributed by atoms with van der Waals surface area (Å²) in [6.45, 7) is 5.93. The number of aromatic nitrogens is 3. The SMILES string of the molecule is CCCn1c(=S)[nH]nc(C(C)(C)CO)c1=O. The molecule has 0 aliphatic heterocycles. The van der Waals surface area contributed by atoms with Gasteiger partial charge in [-0.25, -0.2) is 0 Å². The number of aliphatic hydroxyl groups is 1. The molecule has 0 unspecified atom stereocenters. The molecule has 2 N–H and O–H groups in total. The average molecular weight is 243 g/mol. The molecule has 0 aliphatic carbocycles. The Morgan fingerprint density at radius 1 is 1.56 bits per heavy atom. The second kappa shape index (κ2) is 4.88. The zero-order valence-electron chi connectivity index (χ0n) is 9.78. The quantitative estimate of drug-likeness (QED) is 0.773. The third-order valence-corrected chi connectivity index (χ3v) is 2.75. The molecule has 0 aliphatic rings. The van der Waals surface area contributed by atoms with E-state index in [0.29, 0.717) is 17.0 Å². The smallest absolute Gasteiger partial charge is 0.276 e. The van der Waals surface area contributed by atoms with Gasteiger partial charge < -0.3 is 5.11 Å². The number of aromatic amines is 1. The molecule has 16 heavy (non-hydrogen) atoms. The molecule has 6 heteroatoms. The summed E-state index contributed by atoms with van der Waals surface area (Å²) in [5, 5.41) is 15.8. The fourth-order valence-corrected chi connectivity index (χ4v) is 1.59. The van der Waals surface area contributed by atoms with Crippen molar-refractivity contribution in [3.8, 4) is 0 Å². The summed E-state index contributed by atoms with van der Waals surface area (Å²) in [6.07, 6.45) is 0.820. The van der Waals surface area contributed by atoms with Gasteiger partial charge in [-0.2, -0.15) is 5.10 Å². The molecule has 1 heterocycles. The van der Waals surface area contributed by atoms with Gasteiger partial charge in [0.05, 0.1) is 6.61 Å². The highest BCUT2D eigenvalue weighted by molar-refractivity contribution is 7.71. The minimum atomic E-state index is -0.661. The van der Waals surface area contributed by atoms with E-state index in [0.717, 1.165) is 6.42 Å². The van der Waals surface area contributed by atoms with Crippen LogP contribution < -0.4 is 5.56 Å². The van der Waals surface area contributed by atoms with E-state index in [-0.39, 0.29) is 12.2 Å². The second-order valence-electron chi connectivity index (χ2n) is 4.38. The molecule has 1 rings (SSSR count). The van der Waals surface area contributed by atoms with Gasteiger partial charge in [0, 0.05) is 12.0 Å². The van der Waals surface area contributed by atoms with Crippen LogP contribution in [0.1, 0.15) is 32.9 Å². The number of nitrogens with one attached hydrogen (secondary N) is 1. The third-order valence-electron chi connectivity index (χ3n) is 2.44. The summed E-state index contributed by atoms with van der Waals surface area (Å²) < 4.78 is 1.80. The largest absolute Gasteiger partial charge is 0.395 e. The number of H-pyrrole nitrogens is 1. The molecule has 90 valence electrons. The Bertz CT molecular complexity index is 476. The van der Waals surface area contributed by atoms with E-state index in [2.05, 4.69) is 10.2 Å². The predicted molar refractivity (Wildman–Crippen MR) is 64.1 cm³/mol. The van der Waals surface area contributed by atoms with Crippen molar-refractivity contribution in [1.82, 2.24) is 14.8 Å². The van der Waals surface area contributed by atoms with Gasteiger partial charge in [0.2, 0.25) is 0 Å². The topological polar surface area (TPSA) is 70.9 Å². The van der Waals surface area contributed by atoms with E-state index in [9.17, 15) is 9.90 Å². The molecule has 0 amide bonds. The van der Waals surface area contributed by atoms with E-state index in [1.54, 1.807) is 13.8 Å². The van der Waals surface area contributed by atoms with Crippen LogP contribution in [0, 0.1) is 4.77 Å². The first-order valence-corrected chi connectivity index (χ1v) is 5.65. The first kappa shape index (κ1) is 13.1. The highest BCUT2D eigenvalue weighted by Gasteiger charge is 2.26. The molecule has 0 bridgehead atoms. The van der Waals surface area contributed by atoms with Crippen LogP contribution in [0.4, 0.5) is 0 Å². The molecule has 0 aromatic carbocycles. The molecule has 5 nitrogen and oxygen atoms in total. The van der Waals surface area contributed by atoms with Crippen LogP contribution in [0.15, 0.2) is 4.79 Å². The second-order valence-corrected chi connectivity index (χ2v) is 4.76. The Kier molecular flexibility index (Phi) is 3.98. The minimum absolute atomic E-state index is 0.133. The van der Waals surface area contributed by atoms with E-state index in [1.807, 2.05) is 6.92 Å². The molecule has 0 atom stereocenters. The maximum atomic E-state index is 12.1. The fraction of sp³-hybridized carbons (Fsp3) is 0.700. The van der Waals surface area contributed by atoms with E-state index < -0.39 is 5.41 Å². The predicted octanol–water partition coefficient (Wildman–Crippen LogP) is 0.981. The monoisotopic (exact) mass is 243 g/mol. The first-order valence-electron chi connectivity index (χ1n) is 5.25. The van der Waals surface area contributed by atoms with Crippen LogP contribution in [0.5, 0.6) is 0 Å². The van der Waals surface area contributed by atoms with Crippen LogP contribution >= 0.6 is 12.2 Å². The maximum absolute atomic E-state index is 12.1. The molecule has 0 saturated carbocycles. The lowest BCUT2D eigenvalue weighted by molar-refractivity contribution is 0.212. The molecular formula is C10H17N3O2S. The number of nitrogens with zero attached hydrogens (tertiary/aromatic N) is 2. The van der Waals surface area contributed by atoms with E-state index in [1.165, 1.54) is 4.57 Å². The van der Waals surface area contributed by atoms with E-state index >= 15 is 0 Å². The van der Waals surface area contributed by atoms with Crippen molar-refractivity contribution in [2.24, 2.45) is 0 Å². The van der Waals surface area contributed by atoms with E-state index in [4.69, 9.17) is 12.2 Å². The molecule has 0 saturated heterocycles. The Balaban J connectivity index is 3.41. The molecule has 1 aromatic heterocycles. The highest BCUT2D eigenvalue weighted by atomic mass is 32.1. The van der Waals surface area contributed by atoms with Crippen LogP contribution in [-0.2, 0) is 12.0 Å². The van der Waals surface area contributed by atoms with Gasteiger partial charge in [0.15, 0.2) is 4.77 Å². The molecule has 0 spiro atoms. The van der Waals surface area contributed by atoms with Crippen molar-refractivity contribution < 1.29 is 5.11 Å². The Labute approximate surface area is 99.1 Å². The summed E-state index contributed by atoms with van der Waals surface area (Å²) >= 11 is 5.01. The Morgan fingerprint density at radius 3 is 2.69 bits per heavy atom. The van der Waals surface area contributed by atoms with Gasteiger partial charge in [0.25, 0.3) is 5.56 Å². The Morgan fingerprint density at radius 2 is 2.19 bits per heavy atom. The summed E-state index contributed by atoms with van der Waals surface area (Å²) in [6, 6.07) is 0. The van der Waals surface area contributed by atoms with Gasteiger partial charge in [-0.3, -0.25) is 14.5 Å². The van der Waals surface area contributed by atoms with Gasteiger partial charge in [0.1, 0.15) is 5.69 Å². The van der Waals surface area contributed by atoms with Gasteiger partial charge in [-0.1, -0.05) is 20.8 Å². The molecule has 0 fully saturated rings. The molecule has 0 radical (unpaired) electrons. The number of rotatable bonds is 4. The Hall–Kier alpha value is -1.01. The van der Waals surface area contributed by atoms with Crippen LogP contribution in [0.3, 0.4) is 0 Å². The van der Waals surface area contributed by atoms with Gasteiger partial charge in [-0.05, 0) is 18.6 Å². The maximum Gasteiger partial charge on any atom is 0.276 e.